The van der Waals surface area contributed by atoms with Crippen LogP contribution in [0.3, 0.4) is 0 Å². The third kappa shape index (κ3) is 4.08. The van der Waals surface area contributed by atoms with Crippen LogP contribution in [-0.2, 0) is 23.0 Å². The molecule has 0 amide bonds. The molecule has 4 rings (SSSR count). The van der Waals surface area contributed by atoms with Crippen LogP contribution in [-0.4, -0.2) is 19.3 Å². The number of ether oxygens (including phenoxy) is 2. The van der Waals surface area contributed by atoms with Crippen molar-refractivity contribution >= 4 is 0 Å². The van der Waals surface area contributed by atoms with E-state index >= 15 is 13.2 Å². The van der Waals surface area contributed by atoms with Gasteiger partial charge in [-0.05, 0) is 73.8 Å². The van der Waals surface area contributed by atoms with Gasteiger partial charge in [-0.3, -0.25) is 0 Å². The van der Waals surface area contributed by atoms with Crippen molar-refractivity contribution in [1.82, 2.24) is 0 Å². The third-order valence-electron chi connectivity index (χ3n) is 6.84. The first kappa shape index (κ1) is 24.9. The van der Waals surface area contributed by atoms with Gasteiger partial charge < -0.3 is 9.47 Å². The molecule has 2 aromatic rings. The summed E-state index contributed by atoms with van der Waals surface area (Å²) in [4.78, 5) is 0. The van der Waals surface area contributed by atoms with Gasteiger partial charge in [0.05, 0.1) is 23.8 Å². The van der Waals surface area contributed by atoms with Gasteiger partial charge in [-0.15, -0.1) is 0 Å². The predicted molar refractivity (Wildman–Crippen MR) is 116 cm³/mol. The molecule has 2 nitrogen and oxygen atoms in total. The molecular weight excluding hydrogens is 458 g/mol. The van der Waals surface area contributed by atoms with Crippen molar-refractivity contribution in [1.29, 1.82) is 0 Å². The number of hydrogen-bond donors (Lipinski definition) is 0. The Morgan fingerprint density at radius 2 is 1.53 bits per heavy atom. The Morgan fingerprint density at radius 3 is 2.12 bits per heavy atom. The minimum Gasteiger partial charge on any atom is -0.491 e. The zero-order chi connectivity index (χ0) is 24.7. The highest BCUT2D eigenvalue weighted by Gasteiger charge is 2.65. The molecule has 186 valence electrons. The van der Waals surface area contributed by atoms with Gasteiger partial charge in [0, 0.05) is 6.61 Å². The average molecular weight is 486 g/mol. The minimum atomic E-state index is -4.95. The van der Waals surface area contributed by atoms with Gasteiger partial charge in [0.15, 0.2) is 11.6 Å². The highest BCUT2D eigenvalue weighted by Crippen LogP contribution is 2.60. The lowest BCUT2D eigenvalue weighted by Gasteiger charge is -2.36. The molecule has 1 fully saturated rings. The highest BCUT2D eigenvalue weighted by molar-refractivity contribution is 5.77. The summed E-state index contributed by atoms with van der Waals surface area (Å²) < 4.78 is 101. The summed E-state index contributed by atoms with van der Waals surface area (Å²) in [6.45, 7) is 4.20. The normalized spacial score (nSPS) is 22.7. The molecule has 0 aromatic heterocycles. The number of benzene rings is 2. The van der Waals surface area contributed by atoms with Crippen LogP contribution in [0.1, 0.15) is 62.6 Å². The van der Waals surface area contributed by atoms with E-state index in [-0.39, 0.29) is 24.7 Å². The molecule has 1 heterocycles. The monoisotopic (exact) mass is 486 g/mol. The fourth-order valence-corrected chi connectivity index (χ4v) is 5.05. The summed E-state index contributed by atoms with van der Waals surface area (Å²) in [6.07, 6.45) is 4.27. The fourth-order valence-electron chi connectivity index (χ4n) is 5.05. The second-order valence-corrected chi connectivity index (χ2v) is 9.07. The van der Waals surface area contributed by atoms with Crippen molar-refractivity contribution in [2.24, 2.45) is 5.92 Å². The highest BCUT2D eigenvalue weighted by atomic mass is 19.3. The van der Waals surface area contributed by atoms with Crippen LogP contribution in [0.5, 0.6) is 5.75 Å². The molecule has 2 atom stereocenters. The topological polar surface area (TPSA) is 18.5 Å². The Kier molecular flexibility index (Phi) is 6.91. The van der Waals surface area contributed by atoms with E-state index in [9.17, 15) is 13.2 Å². The van der Waals surface area contributed by atoms with Gasteiger partial charge in [0.1, 0.15) is 5.82 Å². The van der Waals surface area contributed by atoms with Crippen LogP contribution in [0, 0.1) is 17.6 Å². The molecular formula is C26H28F6O2. The number of rotatable bonds is 7. The molecule has 0 N–H and O–H groups in total. The third-order valence-corrected chi connectivity index (χ3v) is 6.84. The molecule has 0 radical (unpaired) electrons. The fraction of sp³-hybridized carbons (Fsp3) is 0.538. The number of halogens is 6. The summed E-state index contributed by atoms with van der Waals surface area (Å²) in [5.74, 6) is -12.9. The van der Waals surface area contributed by atoms with Gasteiger partial charge >= 0.3 is 11.8 Å². The molecule has 0 saturated carbocycles. The second kappa shape index (κ2) is 9.44. The minimum absolute atomic E-state index is 0.0315. The number of aryl methyl sites for hydroxylation is 1. The van der Waals surface area contributed by atoms with Crippen LogP contribution in [0.15, 0.2) is 24.3 Å². The summed E-state index contributed by atoms with van der Waals surface area (Å²) in [5, 5.41) is 0. The van der Waals surface area contributed by atoms with Crippen molar-refractivity contribution in [3.8, 4) is 16.9 Å². The molecule has 1 aliphatic carbocycles. The maximum Gasteiger partial charge on any atom is 0.343 e. The molecule has 1 saturated heterocycles. The standard InChI is InChI=1S/C26H28F6O2/c1-3-5-15-6-9-17(34-14-15)10-7-16-8-11-18-19-12-13-20(33-4-2)24(28)22(19)26(31,32)25(29,30)21(18)23(16)27/h8,11-13,15,17H,3-7,9-10,14H2,1-2H3. The van der Waals surface area contributed by atoms with Crippen LogP contribution in [0.25, 0.3) is 11.1 Å². The molecule has 2 aromatic carbocycles. The molecule has 34 heavy (non-hydrogen) atoms. The van der Waals surface area contributed by atoms with E-state index < -0.39 is 51.5 Å². The van der Waals surface area contributed by atoms with Crippen molar-refractivity contribution < 1.29 is 35.8 Å². The predicted octanol–water partition coefficient (Wildman–Crippen LogP) is 7.76. The summed E-state index contributed by atoms with van der Waals surface area (Å²) >= 11 is 0. The van der Waals surface area contributed by atoms with E-state index in [0.717, 1.165) is 37.8 Å². The van der Waals surface area contributed by atoms with E-state index in [2.05, 4.69) is 6.92 Å². The Morgan fingerprint density at radius 1 is 0.882 bits per heavy atom. The van der Waals surface area contributed by atoms with Crippen LogP contribution >= 0.6 is 0 Å². The lowest BCUT2D eigenvalue weighted by atomic mass is 9.78. The number of hydrogen-bond acceptors (Lipinski definition) is 2. The Bertz CT molecular complexity index is 1040. The van der Waals surface area contributed by atoms with Gasteiger partial charge in [-0.1, -0.05) is 25.5 Å². The lowest BCUT2D eigenvalue weighted by Crippen LogP contribution is -2.41. The van der Waals surface area contributed by atoms with Crippen LogP contribution in [0.2, 0.25) is 0 Å². The van der Waals surface area contributed by atoms with Crippen molar-refractivity contribution in [2.45, 2.75) is 70.3 Å². The SMILES string of the molecule is CCCC1CCC(CCc2ccc3c(c2F)C(F)(F)C(F)(F)c2c-3ccc(OCC)c2F)OC1. The smallest absolute Gasteiger partial charge is 0.343 e. The van der Waals surface area contributed by atoms with E-state index in [0.29, 0.717) is 18.9 Å². The Hall–Kier alpha value is -2.22. The zero-order valence-corrected chi connectivity index (χ0v) is 19.2. The Labute approximate surface area is 195 Å². The lowest BCUT2D eigenvalue weighted by molar-refractivity contribution is -0.228. The van der Waals surface area contributed by atoms with Gasteiger partial charge in [0.2, 0.25) is 0 Å². The van der Waals surface area contributed by atoms with Crippen molar-refractivity contribution in [2.75, 3.05) is 13.2 Å². The summed E-state index contributed by atoms with van der Waals surface area (Å²) in [7, 11) is 0. The van der Waals surface area contributed by atoms with Gasteiger partial charge in [-0.25, -0.2) is 8.78 Å². The number of alkyl halides is 4. The first-order valence-corrected chi connectivity index (χ1v) is 11.8. The Balaban J connectivity index is 1.66. The number of fused-ring (bicyclic) bond motifs is 3. The van der Waals surface area contributed by atoms with Crippen LogP contribution in [0.4, 0.5) is 26.3 Å². The van der Waals surface area contributed by atoms with Crippen LogP contribution < -0.4 is 4.74 Å². The zero-order valence-electron chi connectivity index (χ0n) is 19.2. The van der Waals surface area contributed by atoms with E-state index in [1.165, 1.54) is 19.1 Å². The first-order valence-electron chi connectivity index (χ1n) is 11.8. The molecule has 2 aliphatic rings. The van der Waals surface area contributed by atoms with E-state index in [1.807, 2.05) is 0 Å². The molecule has 0 spiro atoms. The largest absolute Gasteiger partial charge is 0.491 e. The molecule has 2 unspecified atom stereocenters. The maximum atomic E-state index is 15.3. The summed E-state index contributed by atoms with van der Waals surface area (Å²) in [6, 6.07) is 4.66. The van der Waals surface area contributed by atoms with E-state index in [1.54, 1.807) is 0 Å². The van der Waals surface area contributed by atoms with E-state index in [4.69, 9.17) is 9.47 Å². The van der Waals surface area contributed by atoms with Crippen molar-refractivity contribution in [3.05, 3.63) is 52.6 Å². The van der Waals surface area contributed by atoms with Crippen molar-refractivity contribution in [3.63, 3.8) is 0 Å². The maximum absolute atomic E-state index is 15.3. The van der Waals surface area contributed by atoms with Gasteiger partial charge in [-0.2, -0.15) is 17.6 Å². The van der Waals surface area contributed by atoms with Gasteiger partial charge in [0.25, 0.3) is 0 Å². The quantitative estimate of drug-likeness (QED) is 0.373. The molecule has 0 bridgehead atoms. The average Bonchev–Trinajstić information content (AvgIpc) is 2.79. The molecule has 8 heteroatoms. The second-order valence-electron chi connectivity index (χ2n) is 9.07. The molecule has 1 aliphatic heterocycles. The first-order chi connectivity index (χ1) is 16.1. The summed E-state index contributed by atoms with van der Waals surface area (Å²) in [5.41, 5.74) is -3.84.